The van der Waals surface area contributed by atoms with Crippen LogP contribution < -0.4 is 10.0 Å². The summed E-state index contributed by atoms with van der Waals surface area (Å²) in [6, 6.07) is 4.80. The minimum Gasteiger partial charge on any atom is -0.316 e. The summed E-state index contributed by atoms with van der Waals surface area (Å²) in [5.74, 6) is 0. The number of nitrogens with zero attached hydrogens (tertiary/aromatic N) is 1. The number of anilines is 1. The van der Waals surface area contributed by atoms with Crippen LogP contribution in [0.2, 0.25) is 5.02 Å². The quantitative estimate of drug-likeness (QED) is 0.729. The van der Waals surface area contributed by atoms with E-state index in [1.165, 1.54) is 0 Å². The predicted molar refractivity (Wildman–Crippen MR) is 86.0 cm³/mol. The first kappa shape index (κ1) is 16.3. The van der Waals surface area contributed by atoms with Crippen molar-refractivity contribution in [3.05, 3.63) is 39.0 Å². The van der Waals surface area contributed by atoms with Gasteiger partial charge in [0.1, 0.15) is 0 Å². The Hall–Kier alpha value is -1.09. The topological polar surface area (TPSA) is 86.9 Å². The van der Waals surface area contributed by atoms with Gasteiger partial charge in [0.2, 0.25) is 5.03 Å². The van der Waals surface area contributed by atoms with E-state index in [1.54, 1.807) is 32.2 Å². The van der Waals surface area contributed by atoms with Gasteiger partial charge in [0.25, 0.3) is 10.0 Å². The van der Waals surface area contributed by atoms with Crippen LogP contribution in [0.25, 0.3) is 0 Å². The number of halogens is 2. The molecule has 0 atom stereocenters. The molecule has 0 radical (unpaired) electrons. The van der Waals surface area contributed by atoms with E-state index < -0.39 is 10.0 Å². The molecule has 0 spiro atoms. The molecule has 6 nitrogen and oxygen atoms in total. The van der Waals surface area contributed by atoms with Crippen molar-refractivity contribution in [1.82, 2.24) is 15.5 Å². The SMILES string of the molecule is CNCc1c(S(=O)(=O)Nc2ccc(Cl)cc2Br)n[nH]c1C. The van der Waals surface area contributed by atoms with Gasteiger partial charge in [-0.3, -0.25) is 9.82 Å². The van der Waals surface area contributed by atoms with Crippen LogP contribution in [0.1, 0.15) is 11.3 Å². The maximum atomic E-state index is 12.5. The zero-order chi connectivity index (χ0) is 15.6. The molecule has 0 unspecified atom stereocenters. The number of hydrogen-bond acceptors (Lipinski definition) is 4. The molecular weight excluding hydrogens is 380 g/mol. The van der Waals surface area contributed by atoms with Crippen LogP contribution in [0.5, 0.6) is 0 Å². The highest BCUT2D eigenvalue weighted by molar-refractivity contribution is 9.10. The second kappa shape index (κ2) is 6.35. The molecule has 0 bridgehead atoms. The van der Waals surface area contributed by atoms with Crippen LogP contribution in [0.15, 0.2) is 27.7 Å². The maximum Gasteiger partial charge on any atom is 0.281 e. The number of H-pyrrole nitrogens is 1. The third-order valence-electron chi connectivity index (χ3n) is 2.82. The van der Waals surface area contributed by atoms with Gasteiger partial charge in [0.05, 0.1) is 5.69 Å². The zero-order valence-corrected chi connectivity index (χ0v) is 14.5. The minimum atomic E-state index is -3.79. The average Bonchev–Trinajstić information content (AvgIpc) is 2.76. The predicted octanol–water partition coefficient (Wildman–Crippen LogP) is 2.65. The Morgan fingerprint density at radius 2 is 2.14 bits per heavy atom. The molecule has 114 valence electrons. The lowest BCUT2D eigenvalue weighted by Crippen LogP contribution is -2.17. The summed E-state index contributed by atoms with van der Waals surface area (Å²) in [5.41, 5.74) is 1.71. The molecule has 1 heterocycles. The number of sulfonamides is 1. The van der Waals surface area contributed by atoms with Gasteiger partial charge in [0, 0.05) is 27.3 Å². The molecule has 0 aliphatic carbocycles. The van der Waals surface area contributed by atoms with E-state index in [1.807, 2.05) is 0 Å². The van der Waals surface area contributed by atoms with E-state index in [9.17, 15) is 8.42 Å². The fourth-order valence-electron chi connectivity index (χ4n) is 1.80. The molecule has 21 heavy (non-hydrogen) atoms. The van der Waals surface area contributed by atoms with Crippen LogP contribution in [-0.2, 0) is 16.6 Å². The molecule has 3 N–H and O–H groups in total. The van der Waals surface area contributed by atoms with Gasteiger partial charge in [-0.2, -0.15) is 13.5 Å². The summed E-state index contributed by atoms with van der Waals surface area (Å²) in [7, 11) is -2.04. The smallest absolute Gasteiger partial charge is 0.281 e. The maximum absolute atomic E-state index is 12.5. The van der Waals surface area contributed by atoms with Gasteiger partial charge in [-0.1, -0.05) is 11.6 Å². The zero-order valence-electron chi connectivity index (χ0n) is 11.4. The first-order valence-corrected chi connectivity index (χ1v) is 8.67. The van der Waals surface area contributed by atoms with Crippen molar-refractivity contribution < 1.29 is 8.42 Å². The lowest BCUT2D eigenvalue weighted by molar-refractivity contribution is 0.595. The van der Waals surface area contributed by atoms with Gasteiger partial charge < -0.3 is 5.32 Å². The van der Waals surface area contributed by atoms with Crippen molar-refractivity contribution in [3.63, 3.8) is 0 Å². The molecule has 9 heteroatoms. The highest BCUT2D eigenvalue weighted by Gasteiger charge is 2.24. The van der Waals surface area contributed by atoms with Crippen molar-refractivity contribution in [2.45, 2.75) is 18.5 Å². The molecule has 0 amide bonds. The summed E-state index contributed by atoms with van der Waals surface area (Å²) in [4.78, 5) is 0. The first-order valence-electron chi connectivity index (χ1n) is 6.01. The Bertz CT molecular complexity index is 761. The normalized spacial score (nSPS) is 11.6. The molecule has 0 aliphatic rings. The van der Waals surface area contributed by atoms with Gasteiger partial charge in [-0.05, 0) is 48.1 Å². The second-order valence-corrected chi connectivity index (χ2v) is 7.28. The molecule has 0 saturated carbocycles. The first-order chi connectivity index (χ1) is 9.85. The summed E-state index contributed by atoms with van der Waals surface area (Å²) < 4.78 is 28.0. The molecule has 1 aromatic carbocycles. The Kier molecular flexibility index (Phi) is 4.92. The van der Waals surface area contributed by atoms with Crippen molar-refractivity contribution in [2.75, 3.05) is 11.8 Å². The third-order valence-corrected chi connectivity index (χ3v) is 5.05. The molecule has 2 rings (SSSR count). The van der Waals surface area contributed by atoms with Gasteiger partial charge in [-0.25, -0.2) is 0 Å². The number of hydrogen-bond donors (Lipinski definition) is 3. The highest BCUT2D eigenvalue weighted by atomic mass is 79.9. The lowest BCUT2D eigenvalue weighted by atomic mass is 10.3. The van der Waals surface area contributed by atoms with Gasteiger partial charge >= 0.3 is 0 Å². The van der Waals surface area contributed by atoms with E-state index >= 15 is 0 Å². The van der Waals surface area contributed by atoms with Gasteiger partial charge in [0.15, 0.2) is 0 Å². The Morgan fingerprint density at radius 1 is 1.43 bits per heavy atom. The van der Waals surface area contributed by atoms with E-state index in [-0.39, 0.29) is 5.03 Å². The fourth-order valence-corrected chi connectivity index (χ4v) is 4.00. The average molecular weight is 394 g/mol. The number of benzene rings is 1. The second-order valence-electron chi connectivity index (χ2n) is 4.39. The lowest BCUT2D eigenvalue weighted by Gasteiger charge is -2.10. The standard InChI is InChI=1S/C12H14BrClN4O2S/c1-7-9(6-15-2)12(17-16-7)21(19,20)18-11-4-3-8(14)5-10(11)13/h3-5,15,18H,6H2,1-2H3,(H,16,17). The third kappa shape index (κ3) is 3.57. The molecule has 0 saturated heterocycles. The monoisotopic (exact) mass is 392 g/mol. The van der Waals surface area contributed by atoms with E-state index in [0.29, 0.717) is 33.0 Å². The molecule has 0 aliphatic heterocycles. The van der Waals surface area contributed by atoms with Crippen LogP contribution in [-0.4, -0.2) is 25.7 Å². The summed E-state index contributed by atoms with van der Waals surface area (Å²) in [5, 5.41) is 10.0. The number of nitrogens with one attached hydrogen (secondary N) is 3. The molecule has 1 aromatic heterocycles. The van der Waals surface area contributed by atoms with Crippen molar-refractivity contribution in [1.29, 1.82) is 0 Å². The Balaban J connectivity index is 2.39. The van der Waals surface area contributed by atoms with Crippen LogP contribution in [0.3, 0.4) is 0 Å². The largest absolute Gasteiger partial charge is 0.316 e. The van der Waals surface area contributed by atoms with Crippen molar-refractivity contribution in [3.8, 4) is 0 Å². The van der Waals surface area contributed by atoms with Crippen LogP contribution in [0, 0.1) is 6.92 Å². The van der Waals surface area contributed by atoms with Crippen molar-refractivity contribution >= 4 is 43.2 Å². The number of aromatic amines is 1. The van der Waals surface area contributed by atoms with Gasteiger partial charge in [-0.15, -0.1) is 0 Å². The van der Waals surface area contributed by atoms with E-state index in [0.717, 1.165) is 0 Å². The number of aryl methyl sites for hydroxylation is 1. The van der Waals surface area contributed by atoms with Crippen molar-refractivity contribution in [2.24, 2.45) is 0 Å². The number of aromatic nitrogens is 2. The highest BCUT2D eigenvalue weighted by Crippen LogP contribution is 2.28. The van der Waals surface area contributed by atoms with E-state index in [4.69, 9.17) is 11.6 Å². The summed E-state index contributed by atoms with van der Waals surface area (Å²) >= 11 is 9.12. The van der Waals surface area contributed by atoms with E-state index in [2.05, 4.69) is 36.2 Å². The summed E-state index contributed by atoms with van der Waals surface area (Å²) in [6.45, 7) is 2.18. The summed E-state index contributed by atoms with van der Waals surface area (Å²) in [6.07, 6.45) is 0. The minimum absolute atomic E-state index is 0.0174. The Labute approximate surface area is 136 Å². The molecular formula is C12H14BrClN4O2S. The molecule has 2 aromatic rings. The fraction of sp³-hybridized carbons (Fsp3) is 0.250. The number of rotatable bonds is 5. The Morgan fingerprint density at radius 3 is 2.76 bits per heavy atom. The van der Waals surface area contributed by atoms with Crippen LogP contribution in [0.4, 0.5) is 5.69 Å². The molecule has 0 fully saturated rings. The van der Waals surface area contributed by atoms with Crippen LogP contribution >= 0.6 is 27.5 Å².